The van der Waals surface area contributed by atoms with Gasteiger partial charge in [-0.1, -0.05) is 24.3 Å². The molecule has 10 heteroatoms. The fourth-order valence-corrected chi connectivity index (χ4v) is 6.63. The van der Waals surface area contributed by atoms with Gasteiger partial charge in [0.25, 0.3) is 0 Å². The number of benzene rings is 2. The number of halogens is 3. The maximum absolute atomic E-state index is 15.9. The average Bonchev–Trinajstić information content (AvgIpc) is 3.30. The first kappa shape index (κ1) is 31.5. The maximum atomic E-state index is 15.9. The SMILES string of the molecule is C[C@@H]1CC2=C(Cc3ccccc32)[C@@H](c2c(F)cc(OCCN3CCN(CCOCC(=O)O)CC3)cc2F)N1CC(C)(C)F. The van der Waals surface area contributed by atoms with Crippen LogP contribution in [0.4, 0.5) is 13.2 Å². The van der Waals surface area contributed by atoms with Gasteiger partial charge in [-0.3, -0.25) is 14.7 Å². The van der Waals surface area contributed by atoms with Crippen molar-refractivity contribution in [2.75, 3.05) is 65.6 Å². The third kappa shape index (κ3) is 7.60. The van der Waals surface area contributed by atoms with Crippen LogP contribution in [0.1, 0.15) is 49.9 Å². The number of aliphatic carboxylic acids is 1. The molecule has 7 nitrogen and oxygen atoms in total. The van der Waals surface area contributed by atoms with Gasteiger partial charge < -0.3 is 14.6 Å². The first-order chi connectivity index (χ1) is 20.5. The molecule has 43 heavy (non-hydrogen) atoms. The molecular formula is C33H42F3N3O4. The van der Waals surface area contributed by atoms with Gasteiger partial charge in [0.1, 0.15) is 36.3 Å². The first-order valence-electron chi connectivity index (χ1n) is 15.1. The molecule has 2 heterocycles. The highest BCUT2D eigenvalue weighted by atomic mass is 19.1. The zero-order valence-corrected chi connectivity index (χ0v) is 25.3. The zero-order chi connectivity index (χ0) is 30.7. The number of carbonyl (C=O) groups is 1. The Labute approximate surface area is 251 Å². The Morgan fingerprint density at radius 2 is 1.65 bits per heavy atom. The molecule has 1 fully saturated rings. The molecule has 0 radical (unpaired) electrons. The Hall–Kier alpha value is -2.92. The molecule has 1 aliphatic carbocycles. The molecule has 2 aromatic rings. The summed E-state index contributed by atoms with van der Waals surface area (Å²) in [6.07, 6.45) is 1.29. The van der Waals surface area contributed by atoms with Gasteiger partial charge in [0.15, 0.2) is 0 Å². The monoisotopic (exact) mass is 601 g/mol. The predicted octanol–water partition coefficient (Wildman–Crippen LogP) is 4.96. The van der Waals surface area contributed by atoms with Crippen LogP contribution in [0.3, 0.4) is 0 Å². The lowest BCUT2D eigenvalue weighted by Crippen LogP contribution is -2.48. The molecule has 234 valence electrons. The summed E-state index contributed by atoms with van der Waals surface area (Å²) >= 11 is 0. The van der Waals surface area contributed by atoms with E-state index in [1.54, 1.807) is 0 Å². The smallest absolute Gasteiger partial charge is 0.329 e. The van der Waals surface area contributed by atoms with Gasteiger partial charge in [-0.15, -0.1) is 0 Å². The van der Waals surface area contributed by atoms with Crippen molar-refractivity contribution in [3.05, 3.63) is 70.3 Å². The van der Waals surface area contributed by atoms with Gasteiger partial charge in [-0.05, 0) is 55.9 Å². The molecule has 5 rings (SSSR count). The average molecular weight is 602 g/mol. The van der Waals surface area contributed by atoms with E-state index in [2.05, 4.69) is 21.9 Å². The molecule has 1 N–H and O–H groups in total. The van der Waals surface area contributed by atoms with Crippen molar-refractivity contribution in [1.29, 1.82) is 0 Å². The van der Waals surface area contributed by atoms with Crippen LogP contribution in [0.2, 0.25) is 0 Å². The molecular weight excluding hydrogens is 559 g/mol. The summed E-state index contributed by atoms with van der Waals surface area (Å²) in [6.45, 7) is 9.99. The van der Waals surface area contributed by atoms with E-state index in [9.17, 15) is 4.79 Å². The number of ether oxygens (including phenoxy) is 2. The number of fused-ring (bicyclic) bond motifs is 2. The normalized spacial score (nSPS) is 21.6. The summed E-state index contributed by atoms with van der Waals surface area (Å²) in [5.74, 6) is -2.20. The molecule has 2 atom stereocenters. The number of hydrogen-bond acceptors (Lipinski definition) is 6. The lowest BCUT2D eigenvalue weighted by molar-refractivity contribution is -0.142. The lowest BCUT2D eigenvalue weighted by atomic mass is 9.84. The minimum Gasteiger partial charge on any atom is -0.492 e. The number of carboxylic acid groups (broad SMARTS) is 1. The summed E-state index contributed by atoms with van der Waals surface area (Å²) in [7, 11) is 0. The van der Waals surface area contributed by atoms with E-state index < -0.39 is 29.3 Å². The number of hydrogen-bond donors (Lipinski definition) is 1. The van der Waals surface area contributed by atoms with Gasteiger partial charge in [-0.2, -0.15) is 0 Å². The van der Waals surface area contributed by atoms with E-state index in [0.29, 0.717) is 32.5 Å². The third-order valence-electron chi connectivity index (χ3n) is 8.64. The standard InChI is InChI=1S/C33H42F3N3O4/c1-22-16-26-25-7-5-4-6-23(25)17-27(26)32(39(22)21-33(2,3)36)31-28(34)18-24(19-29(31)35)43-15-13-38-10-8-37(9-11-38)12-14-42-20-30(40)41/h4-7,18-19,22,32H,8-17,20-21H2,1-3H3,(H,40,41)/t22-,32+/m1/s1. The zero-order valence-electron chi connectivity index (χ0n) is 25.3. The number of rotatable bonds is 12. The van der Waals surface area contributed by atoms with Crippen molar-refractivity contribution < 1.29 is 32.5 Å². The van der Waals surface area contributed by atoms with Crippen molar-refractivity contribution in [2.45, 2.75) is 51.4 Å². The van der Waals surface area contributed by atoms with E-state index in [0.717, 1.165) is 48.5 Å². The number of alkyl halides is 1. The van der Waals surface area contributed by atoms with E-state index in [1.807, 2.05) is 24.0 Å². The molecule has 0 saturated carbocycles. The van der Waals surface area contributed by atoms with Gasteiger partial charge in [-0.25, -0.2) is 18.0 Å². The Balaban J connectivity index is 1.25. The van der Waals surface area contributed by atoms with Gasteiger partial charge in [0.05, 0.1) is 12.6 Å². The van der Waals surface area contributed by atoms with Crippen LogP contribution < -0.4 is 4.74 Å². The highest BCUT2D eigenvalue weighted by molar-refractivity contribution is 5.79. The van der Waals surface area contributed by atoms with E-state index >= 15 is 13.2 Å². The third-order valence-corrected chi connectivity index (χ3v) is 8.64. The van der Waals surface area contributed by atoms with E-state index in [1.165, 1.54) is 26.0 Å². The number of nitrogens with zero attached hydrogens (tertiary/aromatic N) is 3. The molecule has 0 spiro atoms. The van der Waals surface area contributed by atoms with Gasteiger partial charge in [0, 0.05) is 69.6 Å². The Morgan fingerprint density at radius 3 is 2.28 bits per heavy atom. The quantitative estimate of drug-likeness (QED) is 0.345. The van der Waals surface area contributed by atoms with Crippen LogP contribution in [0.15, 0.2) is 42.0 Å². The minimum atomic E-state index is -1.54. The summed E-state index contributed by atoms with van der Waals surface area (Å²) in [6, 6.07) is 9.79. The van der Waals surface area contributed by atoms with E-state index in [4.69, 9.17) is 14.6 Å². The molecule has 2 aliphatic heterocycles. The highest BCUT2D eigenvalue weighted by Gasteiger charge is 2.43. The van der Waals surface area contributed by atoms with Crippen LogP contribution in [0.25, 0.3) is 5.57 Å². The van der Waals surface area contributed by atoms with Crippen LogP contribution in [-0.4, -0.2) is 103 Å². The number of carboxylic acids is 1. The molecule has 3 aliphatic rings. The highest BCUT2D eigenvalue weighted by Crippen LogP contribution is 2.50. The Bertz CT molecular complexity index is 1310. The van der Waals surface area contributed by atoms with Crippen LogP contribution in [0.5, 0.6) is 5.75 Å². The molecule has 0 amide bonds. The van der Waals surface area contributed by atoms with Crippen LogP contribution in [-0.2, 0) is 16.0 Å². The lowest BCUT2D eigenvalue weighted by Gasteiger charge is -2.44. The van der Waals surface area contributed by atoms with Gasteiger partial charge in [0.2, 0.25) is 0 Å². The number of piperazine rings is 1. The molecule has 0 bridgehead atoms. The fourth-order valence-electron chi connectivity index (χ4n) is 6.63. The van der Waals surface area contributed by atoms with Crippen LogP contribution in [0, 0.1) is 11.6 Å². The second-order valence-corrected chi connectivity index (χ2v) is 12.5. The fraction of sp³-hybridized carbons (Fsp3) is 0.545. The summed E-state index contributed by atoms with van der Waals surface area (Å²) in [4.78, 5) is 16.9. The molecule has 2 aromatic carbocycles. The van der Waals surface area contributed by atoms with Gasteiger partial charge >= 0.3 is 5.97 Å². The first-order valence-corrected chi connectivity index (χ1v) is 15.1. The second kappa shape index (κ2) is 13.4. The second-order valence-electron chi connectivity index (χ2n) is 12.5. The molecule has 1 saturated heterocycles. The van der Waals surface area contributed by atoms with Crippen molar-refractivity contribution >= 4 is 11.5 Å². The van der Waals surface area contributed by atoms with E-state index in [-0.39, 0.29) is 37.1 Å². The van der Waals surface area contributed by atoms with Crippen molar-refractivity contribution in [1.82, 2.24) is 14.7 Å². The summed E-state index contributed by atoms with van der Waals surface area (Å²) in [5.41, 5.74) is 2.74. The summed E-state index contributed by atoms with van der Waals surface area (Å²) in [5, 5.41) is 8.66. The van der Waals surface area contributed by atoms with Crippen LogP contribution >= 0.6 is 0 Å². The molecule has 0 unspecified atom stereocenters. The summed E-state index contributed by atoms with van der Waals surface area (Å²) < 4.78 is 57.7. The maximum Gasteiger partial charge on any atom is 0.329 e. The van der Waals surface area contributed by atoms with Crippen molar-refractivity contribution in [2.24, 2.45) is 0 Å². The van der Waals surface area contributed by atoms with Crippen molar-refractivity contribution in [3.63, 3.8) is 0 Å². The minimum absolute atomic E-state index is 0.0492. The predicted molar refractivity (Wildman–Crippen MR) is 159 cm³/mol. The Kier molecular flexibility index (Phi) is 9.80. The topological polar surface area (TPSA) is 65.5 Å². The largest absolute Gasteiger partial charge is 0.492 e. The Morgan fingerprint density at radius 1 is 1.02 bits per heavy atom. The molecule has 0 aromatic heterocycles. The van der Waals surface area contributed by atoms with Crippen molar-refractivity contribution in [3.8, 4) is 5.75 Å².